The van der Waals surface area contributed by atoms with E-state index in [2.05, 4.69) is 21.8 Å². The number of nitrogens with two attached hydrogens (primary N) is 1. The zero-order chi connectivity index (χ0) is 16.3. The SMILES string of the molecule is CCCCCCCC1(c2ncc[nH]2)CC2(C(N)=O)CCN1CC2. The molecule has 0 aromatic carbocycles. The molecule has 5 heteroatoms. The molecule has 0 spiro atoms. The largest absolute Gasteiger partial charge is 0.369 e. The first-order valence-corrected chi connectivity index (χ1v) is 9.18. The highest BCUT2D eigenvalue weighted by molar-refractivity contribution is 5.81. The minimum atomic E-state index is -0.328. The Morgan fingerprint density at radius 3 is 2.65 bits per heavy atom. The predicted octanol–water partition coefficient (Wildman–Crippen LogP) is 2.94. The molecule has 2 bridgehead atoms. The molecule has 3 aliphatic heterocycles. The molecule has 3 aliphatic rings. The third-order valence-electron chi connectivity index (χ3n) is 6.11. The molecule has 4 heterocycles. The van der Waals surface area contributed by atoms with Crippen molar-refractivity contribution in [2.24, 2.45) is 11.1 Å². The highest BCUT2D eigenvalue weighted by Gasteiger charge is 2.57. The molecule has 1 unspecified atom stereocenters. The van der Waals surface area contributed by atoms with Gasteiger partial charge in [-0.15, -0.1) is 0 Å². The lowest BCUT2D eigenvalue weighted by molar-refractivity contribution is -0.148. The van der Waals surface area contributed by atoms with E-state index in [-0.39, 0.29) is 16.9 Å². The highest BCUT2D eigenvalue weighted by Crippen LogP contribution is 2.53. The summed E-state index contributed by atoms with van der Waals surface area (Å²) in [6, 6.07) is 0. The van der Waals surface area contributed by atoms with E-state index < -0.39 is 0 Å². The van der Waals surface area contributed by atoms with Gasteiger partial charge in [0.25, 0.3) is 0 Å². The topological polar surface area (TPSA) is 75.0 Å². The number of aromatic amines is 1. The number of carbonyl (C=O) groups excluding carboxylic acids is 1. The molecule has 3 saturated heterocycles. The number of aromatic nitrogens is 2. The summed E-state index contributed by atoms with van der Waals surface area (Å²) in [6.45, 7) is 4.16. The average molecular weight is 318 g/mol. The summed E-state index contributed by atoms with van der Waals surface area (Å²) >= 11 is 0. The standard InChI is InChI=1S/C18H30N4O/c1-2-3-4-5-6-7-18(16-20-10-11-21-16)14-17(15(19)23)8-12-22(18)13-9-17/h10-11H,2-9,12-14H2,1H3,(H2,19,23)(H,20,21). The van der Waals surface area contributed by atoms with Gasteiger partial charge in [-0.25, -0.2) is 4.98 Å². The summed E-state index contributed by atoms with van der Waals surface area (Å²) in [7, 11) is 0. The number of H-pyrrole nitrogens is 1. The Morgan fingerprint density at radius 1 is 1.30 bits per heavy atom. The summed E-state index contributed by atoms with van der Waals surface area (Å²) in [5.41, 5.74) is 5.37. The van der Waals surface area contributed by atoms with Crippen molar-refractivity contribution in [1.82, 2.24) is 14.9 Å². The van der Waals surface area contributed by atoms with E-state index in [1.54, 1.807) is 0 Å². The Balaban J connectivity index is 1.81. The van der Waals surface area contributed by atoms with Crippen molar-refractivity contribution in [3.05, 3.63) is 18.2 Å². The monoisotopic (exact) mass is 318 g/mol. The van der Waals surface area contributed by atoms with Crippen LogP contribution in [0.1, 0.15) is 70.5 Å². The van der Waals surface area contributed by atoms with Crippen LogP contribution in [0.15, 0.2) is 12.4 Å². The van der Waals surface area contributed by atoms with Crippen LogP contribution in [0, 0.1) is 5.41 Å². The molecule has 5 nitrogen and oxygen atoms in total. The van der Waals surface area contributed by atoms with Gasteiger partial charge in [0.1, 0.15) is 5.82 Å². The third-order valence-corrected chi connectivity index (χ3v) is 6.11. The van der Waals surface area contributed by atoms with Gasteiger partial charge in [-0.3, -0.25) is 9.69 Å². The van der Waals surface area contributed by atoms with E-state index in [4.69, 9.17) is 5.73 Å². The van der Waals surface area contributed by atoms with Crippen molar-refractivity contribution < 1.29 is 4.79 Å². The van der Waals surface area contributed by atoms with Gasteiger partial charge < -0.3 is 10.7 Å². The van der Waals surface area contributed by atoms with E-state index in [1.807, 2.05) is 12.4 Å². The smallest absolute Gasteiger partial charge is 0.223 e. The molecule has 1 aromatic rings. The van der Waals surface area contributed by atoms with Crippen LogP contribution in [-0.2, 0) is 10.3 Å². The molecule has 0 aliphatic carbocycles. The minimum Gasteiger partial charge on any atom is -0.369 e. The average Bonchev–Trinajstić information content (AvgIpc) is 3.11. The fraction of sp³-hybridized carbons (Fsp3) is 0.778. The number of nitrogens with zero attached hydrogens (tertiary/aromatic N) is 2. The number of primary amides is 1. The van der Waals surface area contributed by atoms with Crippen LogP contribution in [-0.4, -0.2) is 33.9 Å². The second-order valence-corrected chi connectivity index (χ2v) is 7.44. The number of amides is 1. The molecule has 23 heavy (non-hydrogen) atoms. The first kappa shape index (κ1) is 16.5. The maximum Gasteiger partial charge on any atom is 0.223 e. The molecule has 3 N–H and O–H groups in total. The Bertz CT molecular complexity index is 519. The third kappa shape index (κ3) is 2.91. The fourth-order valence-corrected chi connectivity index (χ4v) is 4.68. The van der Waals surface area contributed by atoms with Crippen molar-refractivity contribution in [3.63, 3.8) is 0 Å². The lowest BCUT2D eigenvalue weighted by atomic mass is 9.61. The Hall–Kier alpha value is -1.36. The van der Waals surface area contributed by atoms with E-state index in [0.29, 0.717) is 0 Å². The molecule has 0 saturated carbocycles. The lowest BCUT2D eigenvalue weighted by Crippen LogP contribution is -2.63. The molecular weight excluding hydrogens is 288 g/mol. The Morgan fingerprint density at radius 2 is 2.04 bits per heavy atom. The van der Waals surface area contributed by atoms with Crippen molar-refractivity contribution in [1.29, 1.82) is 0 Å². The zero-order valence-corrected chi connectivity index (χ0v) is 14.3. The van der Waals surface area contributed by atoms with E-state index in [1.165, 1.54) is 32.1 Å². The van der Waals surface area contributed by atoms with Crippen LogP contribution in [0.5, 0.6) is 0 Å². The van der Waals surface area contributed by atoms with E-state index >= 15 is 0 Å². The van der Waals surface area contributed by atoms with Crippen molar-refractivity contribution in [2.75, 3.05) is 13.1 Å². The van der Waals surface area contributed by atoms with E-state index in [0.717, 1.165) is 44.6 Å². The molecular formula is C18H30N4O. The zero-order valence-electron chi connectivity index (χ0n) is 14.3. The van der Waals surface area contributed by atoms with Crippen molar-refractivity contribution in [2.45, 2.75) is 70.3 Å². The maximum absolute atomic E-state index is 12.2. The van der Waals surface area contributed by atoms with Crippen LogP contribution >= 0.6 is 0 Å². The Labute approximate surface area is 139 Å². The van der Waals surface area contributed by atoms with Gasteiger partial charge in [0.15, 0.2) is 0 Å². The summed E-state index contributed by atoms with van der Waals surface area (Å²) in [6.07, 6.45) is 13.7. The summed E-state index contributed by atoms with van der Waals surface area (Å²) < 4.78 is 0. The van der Waals surface area contributed by atoms with Gasteiger partial charge in [-0.2, -0.15) is 0 Å². The molecule has 1 amide bonds. The van der Waals surface area contributed by atoms with Gasteiger partial charge in [-0.05, 0) is 25.7 Å². The number of piperidine rings is 3. The fourth-order valence-electron chi connectivity index (χ4n) is 4.68. The normalized spacial score (nSPS) is 33.0. The highest BCUT2D eigenvalue weighted by atomic mass is 16.1. The molecule has 0 radical (unpaired) electrons. The molecule has 4 rings (SSSR count). The van der Waals surface area contributed by atoms with Crippen LogP contribution < -0.4 is 5.73 Å². The number of hydrogen-bond donors (Lipinski definition) is 2. The number of carbonyl (C=O) groups is 1. The maximum atomic E-state index is 12.2. The number of unbranched alkanes of at least 4 members (excludes halogenated alkanes) is 4. The Kier molecular flexibility index (Phi) is 4.76. The number of hydrogen-bond acceptors (Lipinski definition) is 3. The molecule has 1 aromatic heterocycles. The first-order valence-electron chi connectivity index (χ1n) is 9.18. The van der Waals surface area contributed by atoms with Crippen LogP contribution in [0.2, 0.25) is 0 Å². The molecule has 1 atom stereocenters. The number of imidazole rings is 1. The summed E-state index contributed by atoms with van der Waals surface area (Å²) in [5, 5.41) is 0. The summed E-state index contributed by atoms with van der Waals surface area (Å²) in [5.74, 6) is 0.914. The van der Waals surface area contributed by atoms with Gasteiger partial charge >= 0.3 is 0 Å². The number of fused-ring (bicyclic) bond motifs is 3. The van der Waals surface area contributed by atoms with Gasteiger partial charge in [0.2, 0.25) is 5.91 Å². The van der Waals surface area contributed by atoms with Crippen LogP contribution in [0.3, 0.4) is 0 Å². The van der Waals surface area contributed by atoms with Crippen molar-refractivity contribution in [3.8, 4) is 0 Å². The van der Waals surface area contributed by atoms with Gasteiger partial charge in [0, 0.05) is 25.5 Å². The van der Waals surface area contributed by atoms with Gasteiger partial charge in [-0.1, -0.05) is 39.0 Å². The lowest BCUT2D eigenvalue weighted by Gasteiger charge is -2.57. The predicted molar refractivity (Wildman–Crippen MR) is 90.7 cm³/mol. The number of rotatable bonds is 8. The quantitative estimate of drug-likeness (QED) is 0.724. The molecule has 128 valence electrons. The number of nitrogens with one attached hydrogen (secondary N) is 1. The van der Waals surface area contributed by atoms with Gasteiger partial charge in [0.05, 0.1) is 11.0 Å². The second kappa shape index (κ2) is 6.63. The molecule has 3 fully saturated rings. The van der Waals surface area contributed by atoms with E-state index in [9.17, 15) is 4.79 Å². The van der Waals surface area contributed by atoms with Crippen LogP contribution in [0.25, 0.3) is 0 Å². The second-order valence-electron chi connectivity index (χ2n) is 7.44. The first-order chi connectivity index (χ1) is 11.1. The van der Waals surface area contributed by atoms with Crippen molar-refractivity contribution >= 4 is 5.91 Å². The summed E-state index contributed by atoms with van der Waals surface area (Å²) in [4.78, 5) is 22.7. The minimum absolute atomic E-state index is 0.112. The van der Waals surface area contributed by atoms with Crippen LogP contribution in [0.4, 0.5) is 0 Å².